The Balaban J connectivity index is 2.51. The van der Waals surface area contributed by atoms with Crippen LogP contribution in [0, 0.1) is 23.0 Å². The van der Waals surface area contributed by atoms with E-state index in [1.807, 2.05) is 6.07 Å². The number of hydrogen-bond donors (Lipinski definition) is 1. The summed E-state index contributed by atoms with van der Waals surface area (Å²) < 4.78 is 30.1. The molecule has 1 N–H and O–H groups in total. The van der Waals surface area contributed by atoms with E-state index in [9.17, 15) is 18.8 Å². The number of H-pyrrole nitrogens is 1. The highest BCUT2D eigenvalue weighted by Gasteiger charge is 2.23. The van der Waals surface area contributed by atoms with Crippen molar-refractivity contribution >= 4 is 11.6 Å². The van der Waals surface area contributed by atoms with Gasteiger partial charge in [-0.3, -0.25) is 4.79 Å². The van der Waals surface area contributed by atoms with E-state index >= 15 is 0 Å². The normalized spacial score (nSPS) is 10.7. The molecule has 0 amide bonds. The number of halogens is 3. The third-order valence-corrected chi connectivity index (χ3v) is 4.19. The van der Waals surface area contributed by atoms with Gasteiger partial charge in [0.15, 0.2) is 0 Å². The predicted molar refractivity (Wildman–Crippen MR) is 91.2 cm³/mol. The van der Waals surface area contributed by atoms with Crippen molar-refractivity contribution < 1.29 is 8.78 Å². The zero-order chi connectivity index (χ0) is 18.1. The van der Waals surface area contributed by atoms with Gasteiger partial charge in [-0.25, -0.2) is 8.78 Å². The van der Waals surface area contributed by atoms with Crippen molar-refractivity contribution in [1.29, 1.82) is 5.26 Å². The molecule has 126 valence electrons. The summed E-state index contributed by atoms with van der Waals surface area (Å²) in [6.07, 6.45) is 2.99. The van der Waals surface area contributed by atoms with E-state index in [2.05, 4.69) is 4.98 Å². The average molecular weight is 360 g/mol. The first-order chi connectivity index (χ1) is 12.0. The van der Waals surface area contributed by atoms with Crippen LogP contribution in [0.3, 0.4) is 0 Å². The minimum Gasteiger partial charge on any atom is -0.366 e. The molecule has 0 radical (unpaired) electrons. The Morgan fingerprint density at radius 3 is 2.52 bits per heavy atom. The summed E-state index contributed by atoms with van der Waals surface area (Å²) in [6, 6.07) is 6.81. The van der Waals surface area contributed by atoms with E-state index in [4.69, 9.17) is 11.6 Å². The van der Waals surface area contributed by atoms with Gasteiger partial charge in [0.25, 0.3) is 5.56 Å². The van der Waals surface area contributed by atoms with Gasteiger partial charge in [-0.15, -0.1) is 0 Å². The molecule has 0 saturated carbocycles. The second kappa shape index (κ2) is 6.54. The zero-order valence-corrected chi connectivity index (χ0v) is 13.9. The number of nitrogens with one attached hydrogen (secondary N) is 1. The van der Waals surface area contributed by atoms with Crippen LogP contribution in [-0.4, -0.2) is 9.55 Å². The highest BCUT2D eigenvalue weighted by atomic mass is 35.5. The summed E-state index contributed by atoms with van der Waals surface area (Å²) in [6.45, 7) is 1.83. The zero-order valence-electron chi connectivity index (χ0n) is 13.1. The van der Waals surface area contributed by atoms with Gasteiger partial charge in [0.1, 0.15) is 22.7 Å². The molecule has 0 atom stereocenters. The number of benzene rings is 1. The van der Waals surface area contributed by atoms with Gasteiger partial charge >= 0.3 is 0 Å². The molecule has 2 aromatic heterocycles. The van der Waals surface area contributed by atoms with E-state index in [1.54, 1.807) is 6.92 Å². The molecule has 0 aliphatic rings. The van der Waals surface area contributed by atoms with E-state index in [-0.39, 0.29) is 28.4 Å². The molecule has 1 aromatic carbocycles. The highest BCUT2D eigenvalue weighted by molar-refractivity contribution is 6.30. The smallest absolute Gasteiger partial charge is 0.269 e. The molecule has 25 heavy (non-hydrogen) atoms. The van der Waals surface area contributed by atoms with E-state index in [0.717, 1.165) is 12.1 Å². The van der Waals surface area contributed by atoms with Crippen molar-refractivity contribution in [2.75, 3.05) is 0 Å². The Bertz CT molecular complexity index is 1040. The predicted octanol–water partition coefficient (Wildman–Crippen LogP) is 4.33. The first kappa shape index (κ1) is 16.9. The number of pyridine rings is 1. The summed E-state index contributed by atoms with van der Waals surface area (Å²) in [7, 11) is 0. The van der Waals surface area contributed by atoms with Gasteiger partial charge in [-0.05, 0) is 25.1 Å². The quantitative estimate of drug-likeness (QED) is 0.756. The van der Waals surface area contributed by atoms with Gasteiger partial charge in [0, 0.05) is 30.1 Å². The van der Waals surface area contributed by atoms with Crippen molar-refractivity contribution in [1.82, 2.24) is 9.55 Å². The van der Waals surface area contributed by atoms with Crippen LogP contribution in [0.2, 0.25) is 5.02 Å². The molecule has 0 saturated heterocycles. The number of aromatic nitrogens is 2. The van der Waals surface area contributed by atoms with Crippen molar-refractivity contribution in [3.05, 3.63) is 69.2 Å². The first-order valence-corrected chi connectivity index (χ1v) is 7.82. The lowest BCUT2D eigenvalue weighted by Crippen LogP contribution is -2.23. The van der Waals surface area contributed by atoms with Gasteiger partial charge in [0.2, 0.25) is 0 Å². The fourth-order valence-electron chi connectivity index (χ4n) is 2.81. The summed E-state index contributed by atoms with van der Waals surface area (Å²) in [5.41, 5.74) is 0.134. The summed E-state index contributed by atoms with van der Waals surface area (Å²) in [5, 5.41) is 9.18. The van der Waals surface area contributed by atoms with Crippen LogP contribution < -0.4 is 5.56 Å². The third kappa shape index (κ3) is 2.73. The lowest BCUT2D eigenvalue weighted by molar-refractivity contribution is 0.584. The maximum atomic E-state index is 14.4. The topological polar surface area (TPSA) is 61.6 Å². The van der Waals surface area contributed by atoms with Gasteiger partial charge in [-0.1, -0.05) is 17.7 Å². The fraction of sp³-hybridized carbons (Fsp3) is 0.111. The van der Waals surface area contributed by atoms with E-state index in [0.29, 0.717) is 11.1 Å². The molecule has 0 aliphatic carbocycles. The van der Waals surface area contributed by atoms with Crippen LogP contribution in [0.4, 0.5) is 8.78 Å². The molecule has 0 spiro atoms. The molecule has 0 unspecified atom stereocenters. The molecule has 3 aromatic rings. The van der Waals surface area contributed by atoms with E-state index < -0.39 is 17.2 Å². The van der Waals surface area contributed by atoms with Crippen molar-refractivity contribution in [3.63, 3.8) is 0 Å². The molecule has 4 nitrogen and oxygen atoms in total. The minimum absolute atomic E-state index is 0.0450. The highest BCUT2D eigenvalue weighted by Crippen LogP contribution is 2.37. The maximum Gasteiger partial charge on any atom is 0.269 e. The molecule has 2 heterocycles. The molecular weight excluding hydrogens is 348 g/mol. The molecule has 0 bridgehead atoms. The molecule has 0 fully saturated rings. The second-order valence-corrected chi connectivity index (χ2v) is 5.70. The summed E-state index contributed by atoms with van der Waals surface area (Å²) in [5.74, 6) is -1.61. The van der Waals surface area contributed by atoms with Crippen LogP contribution in [0.15, 0.2) is 41.5 Å². The SMILES string of the molecule is CCn1c(-c2c(F)cccc2F)c(-c2c[nH]cc2C#N)cc(Cl)c1=O. The first-order valence-electron chi connectivity index (χ1n) is 7.44. The van der Waals surface area contributed by atoms with Crippen LogP contribution in [0.5, 0.6) is 0 Å². The Kier molecular flexibility index (Phi) is 4.43. The van der Waals surface area contributed by atoms with Gasteiger partial charge in [-0.2, -0.15) is 5.26 Å². The second-order valence-electron chi connectivity index (χ2n) is 5.30. The number of aromatic amines is 1. The lowest BCUT2D eigenvalue weighted by Gasteiger charge is -2.18. The Labute approximate surface area is 146 Å². The fourth-order valence-corrected chi connectivity index (χ4v) is 3.02. The molecule has 3 rings (SSSR count). The minimum atomic E-state index is -0.806. The van der Waals surface area contributed by atoms with Gasteiger partial charge < -0.3 is 9.55 Å². The molecule has 0 aliphatic heterocycles. The molecule has 7 heteroatoms. The summed E-state index contributed by atoms with van der Waals surface area (Å²) >= 11 is 6.04. The van der Waals surface area contributed by atoms with E-state index in [1.165, 1.54) is 29.1 Å². The Morgan fingerprint density at radius 2 is 1.92 bits per heavy atom. The van der Waals surface area contributed by atoms with Crippen molar-refractivity contribution in [2.45, 2.75) is 13.5 Å². The average Bonchev–Trinajstić information content (AvgIpc) is 3.06. The van der Waals surface area contributed by atoms with Crippen molar-refractivity contribution in [2.24, 2.45) is 0 Å². The number of hydrogen-bond acceptors (Lipinski definition) is 2. The third-order valence-electron chi connectivity index (χ3n) is 3.92. The number of nitrogens with zero attached hydrogens (tertiary/aromatic N) is 2. The van der Waals surface area contributed by atoms with Crippen LogP contribution >= 0.6 is 11.6 Å². The van der Waals surface area contributed by atoms with Gasteiger partial charge in [0.05, 0.1) is 16.8 Å². The molecular formula is C18H12ClF2N3O. The van der Waals surface area contributed by atoms with Crippen LogP contribution in [-0.2, 0) is 6.54 Å². The Morgan fingerprint density at radius 1 is 1.24 bits per heavy atom. The Hall–Kier alpha value is -2.91. The standard InChI is InChI=1S/C18H12ClF2N3O/c1-2-24-17(16-14(20)4-3-5-15(16)21)11(6-13(19)18(24)25)12-9-23-8-10(12)7-22/h3-6,8-9,23H,2H2,1H3. The number of nitriles is 1. The monoisotopic (exact) mass is 359 g/mol. The van der Waals surface area contributed by atoms with Crippen molar-refractivity contribution in [3.8, 4) is 28.5 Å². The summed E-state index contributed by atoms with van der Waals surface area (Å²) in [4.78, 5) is 15.2. The van der Waals surface area contributed by atoms with Crippen LogP contribution in [0.1, 0.15) is 12.5 Å². The lowest BCUT2D eigenvalue weighted by atomic mass is 9.97. The largest absolute Gasteiger partial charge is 0.366 e. The number of rotatable bonds is 3. The maximum absolute atomic E-state index is 14.4. The van der Waals surface area contributed by atoms with Crippen LogP contribution in [0.25, 0.3) is 22.4 Å².